The fraction of sp³-hybridized carbons (Fsp3) is 0.0714. The Labute approximate surface area is 105 Å². The van der Waals surface area contributed by atoms with Gasteiger partial charge in [0.15, 0.2) is 0 Å². The molecule has 3 heteroatoms. The second kappa shape index (κ2) is 6.71. The number of hydrogen-bond acceptors (Lipinski definition) is 1. The van der Waals surface area contributed by atoms with Crippen molar-refractivity contribution in [3.05, 3.63) is 70.7 Å². The number of hydrogen-bond donors (Lipinski definition) is 1. The van der Waals surface area contributed by atoms with Crippen LogP contribution in [0.4, 0.5) is 0 Å². The van der Waals surface area contributed by atoms with E-state index in [1.54, 1.807) is 30.3 Å². The quantitative estimate of drug-likeness (QED) is 0.827. The van der Waals surface area contributed by atoms with Gasteiger partial charge in [0.1, 0.15) is 0 Å². The van der Waals surface area contributed by atoms with Crippen molar-refractivity contribution in [3.63, 3.8) is 0 Å². The molecule has 0 aliphatic carbocycles. The molecule has 0 saturated carbocycles. The summed E-state index contributed by atoms with van der Waals surface area (Å²) in [6, 6.07) is 16.1. The highest BCUT2D eigenvalue weighted by Gasteiger charge is 1.96. The molecule has 0 unspecified atom stereocenters. The van der Waals surface area contributed by atoms with Crippen molar-refractivity contribution in [2.45, 2.75) is 6.92 Å². The first kappa shape index (κ1) is 13.3. The van der Waals surface area contributed by atoms with Gasteiger partial charge < -0.3 is 5.11 Å². The summed E-state index contributed by atoms with van der Waals surface area (Å²) in [6.45, 7) is 1.99. The first-order valence-electron chi connectivity index (χ1n) is 5.10. The molecule has 0 aliphatic rings. The summed E-state index contributed by atoms with van der Waals surface area (Å²) in [5.41, 5.74) is 1.46. The van der Waals surface area contributed by atoms with Crippen LogP contribution < -0.4 is 0 Å². The fourth-order valence-electron chi connectivity index (χ4n) is 1.13. The molecule has 0 saturated heterocycles. The van der Waals surface area contributed by atoms with E-state index < -0.39 is 5.97 Å². The van der Waals surface area contributed by atoms with E-state index in [9.17, 15) is 4.79 Å². The summed E-state index contributed by atoms with van der Waals surface area (Å²) in [6.07, 6.45) is 0. The number of carboxylic acids is 1. The van der Waals surface area contributed by atoms with Gasteiger partial charge in [-0.15, -0.1) is 0 Å². The summed E-state index contributed by atoms with van der Waals surface area (Å²) in [4.78, 5) is 10.2. The van der Waals surface area contributed by atoms with Gasteiger partial charge in [0.2, 0.25) is 0 Å². The molecule has 0 spiro atoms. The Hall–Kier alpha value is -1.80. The van der Waals surface area contributed by atoms with Gasteiger partial charge in [-0.1, -0.05) is 48.0 Å². The summed E-state index contributed by atoms with van der Waals surface area (Å²) in [5.74, 6) is -0.879. The highest BCUT2D eigenvalue weighted by atomic mass is 35.5. The lowest BCUT2D eigenvalue weighted by Crippen LogP contribution is -1.93. The standard InChI is InChI=1S/C7H7Cl.C7H6O2/c1-6-4-2-3-5-7(6)8;8-7(9)6-4-2-1-3-5-6/h2-5H,1H3;1-5H,(H,8,9). The van der Waals surface area contributed by atoms with Crippen LogP contribution in [0.5, 0.6) is 0 Å². The minimum atomic E-state index is -0.879. The van der Waals surface area contributed by atoms with Crippen LogP contribution in [0.2, 0.25) is 5.02 Å². The minimum Gasteiger partial charge on any atom is -0.478 e. The maximum atomic E-state index is 10.2. The van der Waals surface area contributed by atoms with Gasteiger partial charge in [-0.2, -0.15) is 0 Å². The number of carboxylic acid groups (broad SMARTS) is 1. The molecule has 0 aromatic heterocycles. The summed E-state index contributed by atoms with van der Waals surface area (Å²) < 4.78 is 0. The molecule has 0 atom stereocenters. The third-order valence-electron chi connectivity index (χ3n) is 2.10. The summed E-state index contributed by atoms with van der Waals surface area (Å²) in [7, 11) is 0. The Morgan fingerprint density at radius 2 is 1.53 bits per heavy atom. The Morgan fingerprint density at radius 3 is 1.88 bits per heavy atom. The van der Waals surface area contributed by atoms with Crippen LogP contribution in [0, 0.1) is 6.92 Å². The molecule has 2 aromatic carbocycles. The smallest absolute Gasteiger partial charge is 0.335 e. The highest BCUT2D eigenvalue weighted by molar-refractivity contribution is 6.31. The van der Waals surface area contributed by atoms with E-state index in [2.05, 4.69) is 0 Å². The largest absolute Gasteiger partial charge is 0.478 e. The van der Waals surface area contributed by atoms with E-state index in [4.69, 9.17) is 16.7 Å². The Bertz CT molecular complexity index is 460. The second-order valence-electron chi connectivity index (χ2n) is 3.42. The summed E-state index contributed by atoms with van der Waals surface area (Å²) in [5, 5.41) is 9.23. The average molecular weight is 249 g/mol. The molecule has 88 valence electrons. The zero-order valence-corrected chi connectivity index (χ0v) is 10.2. The number of carbonyl (C=O) groups is 1. The maximum absolute atomic E-state index is 10.2. The van der Waals surface area contributed by atoms with E-state index in [-0.39, 0.29) is 0 Å². The maximum Gasteiger partial charge on any atom is 0.335 e. The molecule has 1 N–H and O–H groups in total. The normalized spacial score (nSPS) is 9.06. The van der Waals surface area contributed by atoms with Crippen molar-refractivity contribution in [2.24, 2.45) is 0 Å². The molecule has 0 aliphatic heterocycles. The lowest BCUT2D eigenvalue weighted by atomic mass is 10.2. The molecule has 2 nitrogen and oxygen atoms in total. The van der Waals surface area contributed by atoms with E-state index >= 15 is 0 Å². The van der Waals surface area contributed by atoms with E-state index in [0.717, 1.165) is 10.6 Å². The molecule has 0 radical (unpaired) electrons. The van der Waals surface area contributed by atoms with Crippen molar-refractivity contribution in [1.29, 1.82) is 0 Å². The molecule has 0 heterocycles. The van der Waals surface area contributed by atoms with Crippen LogP contribution in [0.25, 0.3) is 0 Å². The molecule has 0 amide bonds. The molecule has 17 heavy (non-hydrogen) atoms. The monoisotopic (exact) mass is 248 g/mol. The lowest BCUT2D eigenvalue weighted by Gasteiger charge is -1.90. The van der Waals surface area contributed by atoms with Crippen LogP contribution >= 0.6 is 11.6 Å². The van der Waals surface area contributed by atoms with E-state index in [0.29, 0.717) is 5.56 Å². The Balaban J connectivity index is 0.000000171. The predicted octanol–water partition coefficient (Wildman–Crippen LogP) is 4.03. The minimum absolute atomic E-state index is 0.331. The molecular weight excluding hydrogens is 236 g/mol. The van der Waals surface area contributed by atoms with Crippen LogP contribution in [-0.4, -0.2) is 11.1 Å². The van der Waals surface area contributed by atoms with Crippen molar-refractivity contribution in [3.8, 4) is 0 Å². The van der Waals surface area contributed by atoms with Gasteiger partial charge in [-0.25, -0.2) is 4.79 Å². The van der Waals surface area contributed by atoms with Crippen LogP contribution in [0.1, 0.15) is 15.9 Å². The number of aromatic carboxylic acids is 1. The Morgan fingerprint density at radius 1 is 1.00 bits per heavy atom. The van der Waals surface area contributed by atoms with Crippen molar-refractivity contribution >= 4 is 17.6 Å². The number of rotatable bonds is 1. The average Bonchev–Trinajstić information content (AvgIpc) is 2.35. The van der Waals surface area contributed by atoms with E-state index in [1.807, 2.05) is 31.2 Å². The van der Waals surface area contributed by atoms with Crippen LogP contribution in [-0.2, 0) is 0 Å². The lowest BCUT2D eigenvalue weighted by molar-refractivity contribution is 0.0697. The van der Waals surface area contributed by atoms with Crippen LogP contribution in [0.15, 0.2) is 54.6 Å². The molecular formula is C14H13ClO2. The van der Waals surface area contributed by atoms with Gasteiger partial charge in [0.05, 0.1) is 5.56 Å². The zero-order valence-electron chi connectivity index (χ0n) is 9.43. The molecule has 0 fully saturated rings. The second-order valence-corrected chi connectivity index (χ2v) is 3.83. The number of aryl methyl sites for hydroxylation is 1. The fourth-order valence-corrected chi connectivity index (χ4v) is 1.27. The topological polar surface area (TPSA) is 37.3 Å². The third-order valence-corrected chi connectivity index (χ3v) is 2.52. The predicted molar refractivity (Wildman–Crippen MR) is 69.6 cm³/mol. The highest BCUT2D eigenvalue weighted by Crippen LogP contribution is 2.11. The van der Waals surface area contributed by atoms with E-state index in [1.165, 1.54) is 0 Å². The van der Waals surface area contributed by atoms with Gasteiger partial charge in [-0.3, -0.25) is 0 Å². The van der Waals surface area contributed by atoms with Crippen molar-refractivity contribution < 1.29 is 9.90 Å². The molecule has 2 aromatic rings. The molecule has 2 rings (SSSR count). The first-order chi connectivity index (χ1) is 8.11. The van der Waals surface area contributed by atoms with Gasteiger partial charge in [0, 0.05) is 5.02 Å². The van der Waals surface area contributed by atoms with Gasteiger partial charge in [-0.05, 0) is 30.7 Å². The van der Waals surface area contributed by atoms with Crippen LogP contribution in [0.3, 0.4) is 0 Å². The SMILES string of the molecule is Cc1ccccc1Cl.O=C(O)c1ccccc1. The number of halogens is 1. The van der Waals surface area contributed by atoms with Gasteiger partial charge >= 0.3 is 5.97 Å². The van der Waals surface area contributed by atoms with Gasteiger partial charge in [0.25, 0.3) is 0 Å². The molecule has 0 bridgehead atoms. The summed E-state index contributed by atoms with van der Waals surface area (Å²) >= 11 is 5.71. The zero-order chi connectivity index (χ0) is 12.7. The number of benzene rings is 2. The van der Waals surface area contributed by atoms with Crippen molar-refractivity contribution in [2.75, 3.05) is 0 Å². The Kier molecular flexibility index (Phi) is 5.24. The third kappa shape index (κ3) is 4.70. The first-order valence-corrected chi connectivity index (χ1v) is 5.48. The van der Waals surface area contributed by atoms with Crippen molar-refractivity contribution in [1.82, 2.24) is 0 Å².